The number of thioether (sulfide) groups is 1. The lowest BCUT2D eigenvalue weighted by Gasteiger charge is -2.20. The van der Waals surface area contributed by atoms with Gasteiger partial charge in [0.1, 0.15) is 11.4 Å². The summed E-state index contributed by atoms with van der Waals surface area (Å²) < 4.78 is 44.5. The summed E-state index contributed by atoms with van der Waals surface area (Å²) in [5, 5.41) is -0.0140. The molecule has 146 valence electrons. The van der Waals surface area contributed by atoms with Gasteiger partial charge in [-0.3, -0.25) is 4.79 Å². The quantitative estimate of drug-likeness (QED) is 0.542. The van der Waals surface area contributed by atoms with Gasteiger partial charge in [0, 0.05) is 25.3 Å². The van der Waals surface area contributed by atoms with Gasteiger partial charge in [-0.25, -0.2) is 9.97 Å². The number of nitrogens with zero attached hydrogens (tertiary/aromatic N) is 3. The van der Waals surface area contributed by atoms with Crippen LogP contribution in [0.1, 0.15) is 37.8 Å². The van der Waals surface area contributed by atoms with Crippen LogP contribution < -0.4 is 0 Å². The lowest BCUT2D eigenvalue weighted by Crippen LogP contribution is -2.31. The number of amides is 1. The molecule has 0 atom stereocenters. The zero-order chi connectivity index (χ0) is 19.3. The molecule has 2 aromatic rings. The molecule has 2 aromatic heterocycles. The summed E-state index contributed by atoms with van der Waals surface area (Å²) in [5.74, 6) is 0.599. The van der Waals surface area contributed by atoms with Crippen LogP contribution in [-0.2, 0) is 11.0 Å². The molecule has 27 heavy (non-hydrogen) atoms. The highest BCUT2D eigenvalue weighted by Gasteiger charge is 2.34. The van der Waals surface area contributed by atoms with Crippen molar-refractivity contribution in [1.29, 1.82) is 0 Å². The fourth-order valence-electron chi connectivity index (χ4n) is 2.89. The van der Waals surface area contributed by atoms with Crippen LogP contribution in [0.5, 0.6) is 0 Å². The third-order valence-electron chi connectivity index (χ3n) is 4.28. The number of halogens is 3. The minimum absolute atomic E-state index is 0.0140. The molecule has 1 aliphatic rings. The maximum atomic E-state index is 13.1. The molecule has 0 aromatic carbocycles. The van der Waals surface area contributed by atoms with Crippen molar-refractivity contribution in [3.05, 3.63) is 30.2 Å². The molecule has 0 spiro atoms. The molecule has 0 radical (unpaired) electrons. The SMILES string of the molecule is O=C(CCSc1nc(-c2ccco2)cc(C(F)(F)F)n1)N1CCCCCC1. The molecule has 1 fully saturated rings. The summed E-state index contributed by atoms with van der Waals surface area (Å²) in [5.41, 5.74) is -0.950. The van der Waals surface area contributed by atoms with E-state index in [2.05, 4.69) is 9.97 Å². The third kappa shape index (κ3) is 5.47. The average Bonchev–Trinajstić information content (AvgIpc) is 3.03. The molecule has 1 aliphatic heterocycles. The van der Waals surface area contributed by atoms with Crippen LogP contribution >= 0.6 is 11.8 Å². The highest BCUT2D eigenvalue weighted by molar-refractivity contribution is 7.99. The molecule has 0 saturated carbocycles. The van der Waals surface area contributed by atoms with E-state index in [0.29, 0.717) is 5.75 Å². The predicted octanol–water partition coefficient (Wildman–Crippen LogP) is 4.64. The molecule has 1 saturated heterocycles. The van der Waals surface area contributed by atoms with E-state index in [-0.39, 0.29) is 28.9 Å². The summed E-state index contributed by atoms with van der Waals surface area (Å²) >= 11 is 1.05. The summed E-state index contributed by atoms with van der Waals surface area (Å²) in [7, 11) is 0. The largest absolute Gasteiger partial charge is 0.463 e. The molecule has 3 heterocycles. The molecule has 3 rings (SSSR count). The van der Waals surface area contributed by atoms with Crippen molar-refractivity contribution in [2.24, 2.45) is 0 Å². The van der Waals surface area contributed by atoms with E-state index in [1.54, 1.807) is 12.1 Å². The van der Waals surface area contributed by atoms with Crippen LogP contribution in [0.2, 0.25) is 0 Å². The monoisotopic (exact) mass is 399 g/mol. The van der Waals surface area contributed by atoms with E-state index < -0.39 is 11.9 Å². The first kappa shape index (κ1) is 19.7. The maximum Gasteiger partial charge on any atom is 0.433 e. The molecule has 5 nitrogen and oxygen atoms in total. The second-order valence-corrected chi connectivity index (χ2v) is 7.35. The molecule has 0 unspecified atom stereocenters. The standard InChI is InChI=1S/C18H20F3N3O2S/c19-18(20,21)15-12-13(14-6-5-10-26-14)22-17(23-15)27-11-7-16(25)24-8-3-1-2-4-9-24/h5-6,10,12H,1-4,7-9,11H2. The number of likely N-dealkylation sites (tertiary alicyclic amines) is 1. The lowest BCUT2D eigenvalue weighted by atomic mass is 10.2. The Morgan fingerprint density at radius 1 is 1.19 bits per heavy atom. The summed E-state index contributed by atoms with van der Waals surface area (Å²) in [4.78, 5) is 21.9. The van der Waals surface area contributed by atoms with Crippen LogP contribution in [0.25, 0.3) is 11.5 Å². The number of alkyl halides is 3. The van der Waals surface area contributed by atoms with E-state index in [1.165, 1.54) is 6.26 Å². The van der Waals surface area contributed by atoms with Gasteiger partial charge >= 0.3 is 6.18 Å². The minimum Gasteiger partial charge on any atom is -0.463 e. The molecule has 0 N–H and O–H groups in total. The number of aromatic nitrogens is 2. The Kier molecular flexibility index (Phi) is 6.41. The molecule has 0 aliphatic carbocycles. The van der Waals surface area contributed by atoms with Crippen molar-refractivity contribution in [3.63, 3.8) is 0 Å². The predicted molar refractivity (Wildman–Crippen MR) is 95.1 cm³/mol. The lowest BCUT2D eigenvalue weighted by molar-refractivity contribution is -0.141. The summed E-state index contributed by atoms with van der Waals surface area (Å²) in [6.07, 6.45) is 1.31. The van der Waals surface area contributed by atoms with Gasteiger partial charge < -0.3 is 9.32 Å². The zero-order valence-electron chi connectivity index (χ0n) is 14.7. The number of hydrogen-bond donors (Lipinski definition) is 0. The topological polar surface area (TPSA) is 59.2 Å². The normalized spacial score (nSPS) is 15.6. The zero-order valence-corrected chi connectivity index (χ0v) is 15.5. The Labute approximate surface area is 159 Å². The van der Waals surface area contributed by atoms with Gasteiger partial charge in [-0.05, 0) is 31.0 Å². The van der Waals surface area contributed by atoms with E-state index in [4.69, 9.17) is 4.42 Å². The minimum atomic E-state index is -4.58. The Morgan fingerprint density at radius 3 is 2.56 bits per heavy atom. The number of furan rings is 1. The van der Waals surface area contributed by atoms with Crippen molar-refractivity contribution in [2.75, 3.05) is 18.8 Å². The number of carbonyl (C=O) groups excluding carboxylic acids is 1. The Balaban J connectivity index is 1.67. The van der Waals surface area contributed by atoms with E-state index >= 15 is 0 Å². The van der Waals surface area contributed by atoms with Crippen LogP contribution in [0, 0.1) is 0 Å². The van der Waals surface area contributed by atoms with E-state index in [0.717, 1.165) is 56.6 Å². The van der Waals surface area contributed by atoms with Gasteiger partial charge in [0.15, 0.2) is 10.9 Å². The number of carbonyl (C=O) groups is 1. The van der Waals surface area contributed by atoms with Crippen molar-refractivity contribution >= 4 is 17.7 Å². The van der Waals surface area contributed by atoms with Crippen LogP contribution in [0.3, 0.4) is 0 Å². The smallest absolute Gasteiger partial charge is 0.433 e. The van der Waals surface area contributed by atoms with Crippen LogP contribution in [0.15, 0.2) is 34.0 Å². The second-order valence-electron chi connectivity index (χ2n) is 6.29. The van der Waals surface area contributed by atoms with Gasteiger partial charge in [-0.1, -0.05) is 24.6 Å². The van der Waals surface area contributed by atoms with Crippen LogP contribution in [0.4, 0.5) is 13.2 Å². The summed E-state index contributed by atoms with van der Waals surface area (Å²) in [6.45, 7) is 1.51. The van der Waals surface area contributed by atoms with Crippen molar-refractivity contribution in [1.82, 2.24) is 14.9 Å². The fourth-order valence-corrected chi connectivity index (χ4v) is 3.68. The number of hydrogen-bond acceptors (Lipinski definition) is 5. The first-order valence-corrected chi connectivity index (χ1v) is 9.83. The van der Waals surface area contributed by atoms with Crippen molar-refractivity contribution in [2.45, 2.75) is 43.4 Å². The van der Waals surface area contributed by atoms with Gasteiger partial charge in [0.05, 0.1) is 6.26 Å². The van der Waals surface area contributed by atoms with Gasteiger partial charge in [-0.2, -0.15) is 13.2 Å². The second kappa shape index (κ2) is 8.77. The molecular formula is C18H20F3N3O2S. The Hall–Kier alpha value is -2.03. The molecule has 0 bridgehead atoms. The van der Waals surface area contributed by atoms with Crippen molar-refractivity contribution < 1.29 is 22.4 Å². The number of rotatable bonds is 5. The Morgan fingerprint density at radius 2 is 1.93 bits per heavy atom. The van der Waals surface area contributed by atoms with E-state index in [1.807, 2.05) is 4.90 Å². The molecular weight excluding hydrogens is 379 g/mol. The Bertz CT molecular complexity index is 758. The van der Waals surface area contributed by atoms with Gasteiger partial charge in [-0.15, -0.1) is 0 Å². The van der Waals surface area contributed by atoms with Gasteiger partial charge in [0.2, 0.25) is 5.91 Å². The fraction of sp³-hybridized carbons (Fsp3) is 0.500. The first-order valence-electron chi connectivity index (χ1n) is 8.84. The average molecular weight is 399 g/mol. The van der Waals surface area contributed by atoms with Gasteiger partial charge in [0.25, 0.3) is 0 Å². The molecule has 1 amide bonds. The summed E-state index contributed by atoms with van der Waals surface area (Å²) in [6, 6.07) is 3.99. The highest BCUT2D eigenvalue weighted by Crippen LogP contribution is 2.32. The highest BCUT2D eigenvalue weighted by atomic mass is 32.2. The van der Waals surface area contributed by atoms with Crippen LogP contribution in [-0.4, -0.2) is 39.6 Å². The molecule has 9 heteroatoms. The maximum absolute atomic E-state index is 13.1. The van der Waals surface area contributed by atoms with Crippen molar-refractivity contribution in [3.8, 4) is 11.5 Å². The first-order chi connectivity index (χ1) is 12.9. The van der Waals surface area contributed by atoms with E-state index in [9.17, 15) is 18.0 Å². The third-order valence-corrected chi connectivity index (χ3v) is 5.12.